The molecule has 6 rings (SSSR count). The number of hydrogen-bond donors (Lipinski definition) is 2. The van der Waals surface area contributed by atoms with Gasteiger partial charge in [0.05, 0.1) is 6.04 Å². The summed E-state index contributed by atoms with van der Waals surface area (Å²) in [6, 6.07) is 29.5. The molecule has 0 amide bonds. The van der Waals surface area contributed by atoms with Gasteiger partial charge in [-0.3, -0.25) is 0 Å². The zero-order valence-corrected chi connectivity index (χ0v) is 20.5. The van der Waals surface area contributed by atoms with E-state index in [2.05, 4.69) is 104 Å². The van der Waals surface area contributed by atoms with E-state index in [1.54, 1.807) is 6.07 Å². The van der Waals surface area contributed by atoms with Crippen LogP contribution in [0.3, 0.4) is 0 Å². The summed E-state index contributed by atoms with van der Waals surface area (Å²) in [5, 5.41) is 14.5. The van der Waals surface area contributed by atoms with E-state index in [4.69, 9.17) is 0 Å². The number of fused-ring (bicyclic) bond motifs is 4. The first-order chi connectivity index (χ1) is 16.9. The van der Waals surface area contributed by atoms with Crippen molar-refractivity contribution < 1.29 is 5.11 Å². The highest BCUT2D eigenvalue weighted by Crippen LogP contribution is 2.55. The number of aromatic hydroxyl groups is 1. The van der Waals surface area contributed by atoms with Crippen LogP contribution in [0.5, 0.6) is 5.75 Å². The number of phenolic OH excluding ortho intramolecular Hbond substituents is 1. The van der Waals surface area contributed by atoms with Crippen LogP contribution in [0.25, 0.3) is 22.3 Å². The molecule has 1 atom stereocenters. The second-order valence-electron chi connectivity index (χ2n) is 9.72. The topological polar surface area (TPSA) is 38.7 Å². The van der Waals surface area contributed by atoms with Crippen molar-refractivity contribution in [3.05, 3.63) is 107 Å². The predicted molar refractivity (Wildman–Crippen MR) is 147 cm³/mol. The van der Waals surface area contributed by atoms with Gasteiger partial charge in [0.15, 0.2) is 0 Å². The molecule has 35 heavy (non-hydrogen) atoms. The molecule has 1 unspecified atom stereocenters. The first-order valence-electron chi connectivity index (χ1n) is 12.0. The van der Waals surface area contributed by atoms with Crippen molar-refractivity contribution in [3.8, 4) is 16.9 Å². The minimum atomic E-state index is -0.149. The van der Waals surface area contributed by atoms with Gasteiger partial charge < -0.3 is 20.2 Å². The number of nitrogens with zero attached hydrogens (tertiary/aromatic N) is 2. The number of para-hydroxylation sites is 2. The Morgan fingerprint density at radius 2 is 1.20 bits per heavy atom. The molecule has 4 aromatic rings. The van der Waals surface area contributed by atoms with Gasteiger partial charge >= 0.3 is 0 Å². The van der Waals surface area contributed by atoms with E-state index in [0.29, 0.717) is 5.75 Å². The zero-order valence-electron chi connectivity index (χ0n) is 20.5. The summed E-state index contributed by atoms with van der Waals surface area (Å²) in [6.07, 6.45) is 0. The fourth-order valence-electron chi connectivity index (χ4n) is 5.41. The maximum Gasteiger partial charge on any atom is 0.121 e. The molecular weight excluding hydrogens is 430 g/mol. The molecule has 2 N–H and O–H groups in total. The van der Waals surface area contributed by atoms with Crippen LogP contribution in [0.4, 0.5) is 17.1 Å². The molecule has 4 nitrogen and oxygen atoms in total. The molecule has 0 fully saturated rings. The molecule has 1 aliphatic carbocycles. The lowest BCUT2D eigenvalue weighted by Crippen LogP contribution is -2.09. The molecule has 1 heterocycles. The van der Waals surface area contributed by atoms with Crippen LogP contribution in [-0.4, -0.2) is 33.3 Å². The number of hydrogen-bond acceptors (Lipinski definition) is 4. The van der Waals surface area contributed by atoms with Crippen molar-refractivity contribution in [3.63, 3.8) is 0 Å². The molecule has 0 radical (unpaired) electrons. The zero-order chi connectivity index (χ0) is 24.3. The molecule has 0 saturated heterocycles. The van der Waals surface area contributed by atoms with Crippen LogP contribution >= 0.6 is 0 Å². The fourth-order valence-corrected chi connectivity index (χ4v) is 5.41. The van der Waals surface area contributed by atoms with E-state index in [1.807, 2.05) is 18.2 Å². The Morgan fingerprint density at radius 3 is 1.80 bits per heavy atom. The number of anilines is 3. The maximum absolute atomic E-state index is 10.8. The first kappa shape index (κ1) is 21.4. The van der Waals surface area contributed by atoms with Gasteiger partial charge in [-0.05, 0) is 69.8 Å². The van der Waals surface area contributed by atoms with Gasteiger partial charge in [-0.15, -0.1) is 0 Å². The third-order valence-electron chi connectivity index (χ3n) is 7.19. The van der Waals surface area contributed by atoms with Gasteiger partial charge in [0, 0.05) is 56.4 Å². The van der Waals surface area contributed by atoms with Crippen LogP contribution in [0.1, 0.15) is 28.3 Å². The van der Waals surface area contributed by atoms with Crippen molar-refractivity contribution in [2.24, 2.45) is 0 Å². The van der Waals surface area contributed by atoms with E-state index in [9.17, 15) is 5.11 Å². The van der Waals surface area contributed by atoms with Crippen molar-refractivity contribution in [2.45, 2.75) is 6.04 Å². The number of benzene rings is 4. The van der Waals surface area contributed by atoms with Gasteiger partial charge in [-0.1, -0.05) is 48.5 Å². The third kappa shape index (κ3) is 3.28. The molecule has 1 aliphatic heterocycles. The first-order valence-corrected chi connectivity index (χ1v) is 12.0. The Labute approximate surface area is 206 Å². The summed E-state index contributed by atoms with van der Waals surface area (Å²) in [5.74, 6) is 0.306. The highest BCUT2D eigenvalue weighted by molar-refractivity contribution is 6.14. The second-order valence-corrected chi connectivity index (χ2v) is 9.72. The number of rotatable bonds is 3. The standard InChI is InChI=1S/C31H29N3O/c1-33(2)19-13-15-21-25(17-19)26-18-20(34(3)4)14-16-22(26)29(21)30-23-9-5-7-11-27(23)32-31(30)24-10-6-8-12-28(24)35/h5-18,31-32,35H,1-4H3. The average molecular weight is 460 g/mol. The third-order valence-corrected chi connectivity index (χ3v) is 7.19. The molecule has 4 aromatic carbocycles. The Morgan fingerprint density at radius 1 is 0.629 bits per heavy atom. The summed E-state index contributed by atoms with van der Waals surface area (Å²) in [5.41, 5.74) is 12.9. The number of nitrogens with one attached hydrogen (secondary N) is 1. The summed E-state index contributed by atoms with van der Waals surface area (Å²) >= 11 is 0. The summed E-state index contributed by atoms with van der Waals surface area (Å²) in [7, 11) is 8.33. The Hall–Kier alpha value is -4.18. The van der Waals surface area contributed by atoms with E-state index in [1.165, 1.54) is 50.3 Å². The number of phenols is 1. The Kier molecular flexibility index (Phi) is 4.85. The average Bonchev–Trinajstić information content (AvgIpc) is 3.38. The largest absolute Gasteiger partial charge is 0.508 e. The monoisotopic (exact) mass is 459 g/mol. The molecule has 0 spiro atoms. The Balaban J connectivity index is 1.70. The van der Waals surface area contributed by atoms with Crippen LogP contribution in [-0.2, 0) is 0 Å². The van der Waals surface area contributed by atoms with Crippen molar-refractivity contribution in [2.75, 3.05) is 43.3 Å². The molecule has 0 bridgehead atoms. The molecular formula is C31H29N3O. The lowest BCUT2D eigenvalue weighted by atomic mass is 9.87. The normalized spacial score (nSPS) is 15.4. The van der Waals surface area contributed by atoms with Crippen LogP contribution in [0.2, 0.25) is 0 Å². The van der Waals surface area contributed by atoms with Crippen LogP contribution in [0.15, 0.2) is 84.9 Å². The lowest BCUT2D eigenvalue weighted by molar-refractivity contribution is 0.468. The minimum Gasteiger partial charge on any atom is -0.508 e. The summed E-state index contributed by atoms with van der Waals surface area (Å²) in [6.45, 7) is 0. The van der Waals surface area contributed by atoms with Gasteiger partial charge in [0.1, 0.15) is 5.75 Å². The fraction of sp³-hybridized carbons (Fsp3) is 0.161. The molecule has 174 valence electrons. The van der Waals surface area contributed by atoms with E-state index in [0.717, 1.165) is 11.3 Å². The molecule has 4 heteroatoms. The van der Waals surface area contributed by atoms with Crippen LogP contribution < -0.4 is 15.1 Å². The molecule has 2 aliphatic rings. The lowest BCUT2D eigenvalue weighted by Gasteiger charge is -2.20. The summed E-state index contributed by atoms with van der Waals surface area (Å²) in [4.78, 5) is 4.30. The molecule has 0 saturated carbocycles. The highest BCUT2D eigenvalue weighted by atomic mass is 16.3. The van der Waals surface area contributed by atoms with E-state index < -0.39 is 0 Å². The predicted octanol–water partition coefficient (Wildman–Crippen LogP) is 6.63. The van der Waals surface area contributed by atoms with Crippen molar-refractivity contribution in [1.82, 2.24) is 0 Å². The van der Waals surface area contributed by atoms with Crippen LogP contribution in [0, 0.1) is 0 Å². The Bertz CT molecular complexity index is 1440. The minimum absolute atomic E-state index is 0.149. The molecule has 0 aromatic heterocycles. The van der Waals surface area contributed by atoms with E-state index in [-0.39, 0.29) is 6.04 Å². The maximum atomic E-state index is 10.8. The van der Waals surface area contributed by atoms with Gasteiger partial charge in [-0.2, -0.15) is 0 Å². The summed E-state index contributed by atoms with van der Waals surface area (Å²) < 4.78 is 0. The van der Waals surface area contributed by atoms with E-state index >= 15 is 0 Å². The van der Waals surface area contributed by atoms with Gasteiger partial charge in [-0.25, -0.2) is 0 Å². The highest BCUT2D eigenvalue weighted by Gasteiger charge is 2.36. The van der Waals surface area contributed by atoms with Gasteiger partial charge in [0.25, 0.3) is 0 Å². The SMILES string of the molecule is CN(C)c1ccc2c(c1)-c1cc(N(C)C)ccc1C2=C1c2ccccc2NC1c1ccccc1O. The second kappa shape index (κ2) is 7.95. The smallest absolute Gasteiger partial charge is 0.121 e. The van der Waals surface area contributed by atoms with Crippen molar-refractivity contribution >= 4 is 28.2 Å². The quantitative estimate of drug-likeness (QED) is 0.318. The van der Waals surface area contributed by atoms with Gasteiger partial charge in [0.2, 0.25) is 0 Å². The van der Waals surface area contributed by atoms with Crippen molar-refractivity contribution in [1.29, 1.82) is 0 Å².